The summed E-state index contributed by atoms with van der Waals surface area (Å²) in [5.74, 6) is 2.28. The standard InChI is InChI=1S/C11H23NOS/c1-9(2)5-7-12-11(13)14-8-6-10(3)4/h9-10H,5-8H2,1-4H3,(H,12,13). The smallest absolute Gasteiger partial charge is 0.279 e. The van der Waals surface area contributed by atoms with Crippen LogP contribution in [0, 0.1) is 11.8 Å². The van der Waals surface area contributed by atoms with Crippen molar-refractivity contribution in [2.45, 2.75) is 40.5 Å². The van der Waals surface area contributed by atoms with E-state index in [9.17, 15) is 4.79 Å². The van der Waals surface area contributed by atoms with Gasteiger partial charge in [0, 0.05) is 12.3 Å². The van der Waals surface area contributed by atoms with E-state index in [4.69, 9.17) is 0 Å². The first-order valence-electron chi connectivity index (χ1n) is 5.43. The van der Waals surface area contributed by atoms with Crippen molar-refractivity contribution in [1.29, 1.82) is 0 Å². The van der Waals surface area contributed by atoms with Crippen LogP contribution in [0.4, 0.5) is 4.79 Å². The fourth-order valence-electron chi connectivity index (χ4n) is 0.901. The van der Waals surface area contributed by atoms with E-state index >= 15 is 0 Å². The lowest BCUT2D eigenvalue weighted by molar-refractivity contribution is 0.260. The molecular weight excluding hydrogens is 194 g/mol. The molecule has 0 heterocycles. The third kappa shape index (κ3) is 9.90. The van der Waals surface area contributed by atoms with Crippen LogP contribution in [0.2, 0.25) is 0 Å². The van der Waals surface area contributed by atoms with E-state index in [1.54, 1.807) is 0 Å². The summed E-state index contributed by atoms with van der Waals surface area (Å²) in [5.41, 5.74) is 0. The van der Waals surface area contributed by atoms with Crippen LogP contribution in [0.3, 0.4) is 0 Å². The maximum absolute atomic E-state index is 11.3. The number of carbonyl (C=O) groups is 1. The van der Waals surface area contributed by atoms with Gasteiger partial charge in [-0.25, -0.2) is 0 Å². The second kappa shape index (κ2) is 8.16. The van der Waals surface area contributed by atoms with Crippen molar-refractivity contribution in [2.75, 3.05) is 12.3 Å². The normalized spacial score (nSPS) is 11.0. The van der Waals surface area contributed by atoms with Crippen molar-refractivity contribution < 1.29 is 4.79 Å². The number of hydrogen-bond acceptors (Lipinski definition) is 2. The van der Waals surface area contributed by atoms with Crippen molar-refractivity contribution in [2.24, 2.45) is 11.8 Å². The van der Waals surface area contributed by atoms with Crippen LogP contribution in [0.1, 0.15) is 40.5 Å². The number of carbonyl (C=O) groups excluding carboxylic acids is 1. The van der Waals surface area contributed by atoms with Gasteiger partial charge < -0.3 is 5.32 Å². The summed E-state index contributed by atoms with van der Waals surface area (Å²) in [5, 5.41) is 3.04. The van der Waals surface area contributed by atoms with E-state index in [1.807, 2.05) is 0 Å². The molecule has 2 nitrogen and oxygen atoms in total. The Bertz CT molecular complexity index is 141. The first kappa shape index (κ1) is 13.8. The van der Waals surface area contributed by atoms with Crippen LogP contribution < -0.4 is 5.32 Å². The summed E-state index contributed by atoms with van der Waals surface area (Å²) in [7, 11) is 0. The average molecular weight is 217 g/mol. The highest BCUT2D eigenvalue weighted by molar-refractivity contribution is 8.13. The Hall–Kier alpha value is -0.180. The van der Waals surface area contributed by atoms with Gasteiger partial charge in [-0.1, -0.05) is 39.5 Å². The molecule has 0 rings (SSSR count). The van der Waals surface area contributed by atoms with Crippen molar-refractivity contribution in [3.05, 3.63) is 0 Å². The largest absolute Gasteiger partial charge is 0.347 e. The Morgan fingerprint density at radius 1 is 1.14 bits per heavy atom. The molecule has 0 spiro atoms. The lowest BCUT2D eigenvalue weighted by Crippen LogP contribution is -2.21. The first-order chi connectivity index (χ1) is 6.52. The lowest BCUT2D eigenvalue weighted by atomic mass is 10.1. The maximum atomic E-state index is 11.3. The lowest BCUT2D eigenvalue weighted by Gasteiger charge is -2.07. The molecule has 0 fully saturated rings. The van der Waals surface area contributed by atoms with Gasteiger partial charge in [0.25, 0.3) is 5.24 Å². The predicted octanol–water partition coefficient (Wildman–Crippen LogP) is 3.52. The highest BCUT2D eigenvalue weighted by atomic mass is 32.2. The highest BCUT2D eigenvalue weighted by Crippen LogP contribution is 2.09. The number of amides is 1. The SMILES string of the molecule is CC(C)CCNC(=O)SCCC(C)C. The van der Waals surface area contributed by atoms with E-state index in [0.717, 1.165) is 25.1 Å². The minimum atomic E-state index is 0.131. The van der Waals surface area contributed by atoms with Gasteiger partial charge in [-0.15, -0.1) is 0 Å². The molecule has 0 radical (unpaired) electrons. The molecule has 0 unspecified atom stereocenters. The Balaban J connectivity index is 3.28. The van der Waals surface area contributed by atoms with Gasteiger partial charge in [-0.05, 0) is 24.7 Å². The van der Waals surface area contributed by atoms with Crippen molar-refractivity contribution in [1.82, 2.24) is 5.32 Å². The predicted molar refractivity (Wildman–Crippen MR) is 64.8 cm³/mol. The minimum Gasteiger partial charge on any atom is -0.347 e. The van der Waals surface area contributed by atoms with Crippen LogP contribution in [-0.4, -0.2) is 17.5 Å². The van der Waals surface area contributed by atoms with Gasteiger partial charge in [0.2, 0.25) is 0 Å². The summed E-state index contributed by atoms with van der Waals surface area (Å²) in [6.45, 7) is 9.50. The summed E-state index contributed by atoms with van der Waals surface area (Å²) < 4.78 is 0. The zero-order valence-corrected chi connectivity index (χ0v) is 10.6. The van der Waals surface area contributed by atoms with E-state index in [0.29, 0.717) is 11.8 Å². The van der Waals surface area contributed by atoms with Gasteiger partial charge in [-0.2, -0.15) is 0 Å². The Morgan fingerprint density at radius 2 is 1.71 bits per heavy atom. The fraction of sp³-hybridized carbons (Fsp3) is 0.909. The molecule has 0 aliphatic heterocycles. The molecule has 0 aromatic rings. The number of rotatable bonds is 6. The molecule has 0 aliphatic carbocycles. The molecule has 0 atom stereocenters. The molecule has 14 heavy (non-hydrogen) atoms. The summed E-state index contributed by atoms with van der Waals surface area (Å²) in [4.78, 5) is 11.3. The summed E-state index contributed by atoms with van der Waals surface area (Å²) in [6.07, 6.45) is 2.18. The maximum Gasteiger partial charge on any atom is 0.279 e. The van der Waals surface area contributed by atoms with Gasteiger partial charge in [-0.3, -0.25) is 4.79 Å². The molecule has 0 aliphatic rings. The molecular formula is C11H23NOS. The van der Waals surface area contributed by atoms with Crippen molar-refractivity contribution in [3.63, 3.8) is 0 Å². The zero-order valence-electron chi connectivity index (χ0n) is 9.80. The van der Waals surface area contributed by atoms with E-state index in [1.165, 1.54) is 11.8 Å². The number of nitrogens with one attached hydrogen (secondary N) is 1. The Morgan fingerprint density at radius 3 is 2.21 bits per heavy atom. The Labute approximate surface area is 92.2 Å². The van der Waals surface area contributed by atoms with Crippen molar-refractivity contribution >= 4 is 17.0 Å². The minimum absolute atomic E-state index is 0.131. The molecule has 84 valence electrons. The van der Waals surface area contributed by atoms with E-state index in [2.05, 4.69) is 33.0 Å². The average Bonchev–Trinajstić information content (AvgIpc) is 2.02. The van der Waals surface area contributed by atoms with Crippen LogP contribution in [0.15, 0.2) is 0 Å². The number of hydrogen-bond donors (Lipinski definition) is 1. The van der Waals surface area contributed by atoms with Crippen LogP contribution >= 0.6 is 11.8 Å². The van der Waals surface area contributed by atoms with Crippen molar-refractivity contribution in [3.8, 4) is 0 Å². The van der Waals surface area contributed by atoms with Gasteiger partial charge in [0.05, 0.1) is 0 Å². The van der Waals surface area contributed by atoms with Crippen LogP contribution in [0.5, 0.6) is 0 Å². The molecule has 0 bridgehead atoms. The summed E-state index contributed by atoms with van der Waals surface area (Å²) in [6, 6.07) is 0. The van der Waals surface area contributed by atoms with E-state index in [-0.39, 0.29) is 5.24 Å². The first-order valence-corrected chi connectivity index (χ1v) is 6.41. The molecule has 3 heteroatoms. The molecule has 0 saturated carbocycles. The topological polar surface area (TPSA) is 29.1 Å². The zero-order chi connectivity index (χ0) is 11.0. The summed E-state index contributed by atoms with van der Waals surface area (Å²) >= 11 is 1.41. The number of thioether (sulfide) groups is 1. The quantitative estimate of drug-likeness (QED) is 0.737. The second-order valence-corrected chi connectivity index (χ2v) is 5.50. The molecule has 0 aromatic carbocycles. The van der Waals surface area contributed by atoms with Crippen LogP contribution in [0.25, 0.3) is 0 Å². The molecule has 0 aromatic heterocycles. The Kier molecular flexibility index (Phi) is 8.05. The van der Waals surface area contributed by atoms with Gasteiger partial charge >= 0.3 is 0 Å². The van der Waals surface area contributed by atoms with Crippen LogP contribution in [-0.2, 0) is 0 Å². The monoisotopic (exact) mass is 217 g/mol. The molecule has 0 saturated heterocycles. The third-order valence-corrected chi connectivity index (χ3v) is 2.77. The van der Waals surface area contributed by atoms with Gasteiger partial charge in [0.15, 0.2) is 0 Å². The molecule has 1 amide bonds. The highest BCUT2D eigenvalue weighted by Gasteiger charge is 2.02. The van der Waals surface area contributed by atoms with E-state index < -0.39 is 0 Å². The third-order valence-electron chi connectivity index (χ3n) is 1.92. The second-order valence-electron chi connectivity index (χ2n) is 4.43. The van der Waals surface area contributed by atoms with Gasteiger partial charge in [0.1, 0.15) is 0 Å². The fourth-order valence-corrected chi connectivity index (χ4v) is 1.88. The molecule has 1 N–H and O–H groups in total.